The molecular formula is C39H30N4O5. The smallest absolute Gasteiger partial charge is 0.271 e. The summed E-state index contributed by atoms with van der Waals surface area (Å²) in [6.07, 6.45) is 3.40. The van der Waals surface area contributed by atoms with Crippen LogP contribution in [0.3, 0.4) is 0 Å². The molecule has 48 heavy (non-hydrogen) atoms. The summed E-state index contributed by atoms with van der Waals surface area (Å²) in [5.74, 6) is 1.67. The molecule has 0 spiro atoms. The first-order valence-electron chi connectivity index (χ1n) is 15.4. The van der Waals surface area contributed by atoms with Crippen molar-refractivity contribution >= 4 is 51.2 Å². The van der Waals surface area contributed by atoms with Gasteiger partial charge in [0, 0.05) is 17.5 Å². The molecule has 1 aromatic heterocycles. The predicted octanol–water partition coefficient (Wildman–Crippen LogP) is 9.43. The van der Waals surface area contributed by atoms with Crippen molar-refractivity contribution in [2.45, 2.75) is 12.8 Å². The van der Waals surface area contributed by atoms with Crippen molar-refractivity contribution in [2.24, 2.45) is 0 Å². The van der Waals surface area contributed by atoms with E-state index < -0.39 is 4.92 Å². The average Bonchev–Trinajstić information content (AvgIpc) is 3.50. The third kappa shape index (κ3) is 6.17. The van der Waals surface area contributed by atoms with Crippen molar-refractivity contribution in [3.05, 3.63) is 154 Å². The number of nitro groups is 1. The molecule has 0 radical (unpaired) electrons. The van der Waals surface area contributed by atoms with Gasteiger partial charge >= 0.3 is 0 Å². The second-order valence-electron chi connectivity index (χ2n) is 11.3. The van der Waals surface area contributed by atoms with E-state index in [2.05, 4.69) is 16.7 Å². The first kappa shape index (κ1) is 30.2. The summed E-state index contributed by atoms with van der Waals surface area (Å²) in [4.78, 5) is 30.5. The summed E-state index contributed by atoms with van der Waals surface area (Å²) < 4.78 is 11.5. The summed E-state index contributed by atoms with van der Waals surface area (Å²) in [6, 6.07) is 36.6. The molecule has 0 saturated heterocycles. The van der Waals surface area contributed by atoms with E-state index in [4.69, 9.17) is 14.5 Å². The highest BCUT2D eigenvalue weighted by molar-refractivity contribution is 6.15. The number of methoxy groups -OCH3 is 1. The molecule has 0 unspecified atom stereocenters. The number of nitrogens with one attached hydrogen (secondary N) is 2. The van der Waals surface area contributed by atoms with Crippen LogP contribution in [0.5, 0.6) is 17.2 Å². The van der Waals surface area contributed by atoms with Crippen LogP contribution in [0.15, 0.2) is 121 Å². The number of hydrogen-bond acceptors (Lipinski definition) is 7. The van der Waals surface area contributed by atoms with Gasteiger partial charge in [0.1, 0.15) is 17.2 Å². The van der Waals surface area contributed by atoms with Crippen LogP contribution in [0.4, 0.5) is 22.7 Å². The number of pyridine rings is 1. The van der Waals surface area contributed by atoms with Gasteiger partial charge in [0.05, 0.1) is 45.9 Å². The molecule has 1 aliphatic carbocycles. The number of fused-ring (bicyclic) bond motifs is 2. The first-order valence-corrected chi connectivity index (χ1v) is 15.4. The Kier molecular flexibility index (Phi) is 8.24. The lowest BCUT2D eigenvalue weighted by Crippen LogP contribution is -2.17. The molecule has 0 atom stereocenters. The van der Waals surface area contributed by atoms with Crippen LogP contribution in [-0.2, 0) is 6.42 Å². The third-order valence-corrected chi connectivity index (χ3v) is 8.19. The normalized spacial score (nSPS) is 12.8. The van der Waals surface area contributed by atoms with Crippen LogP contribution in [0.1, 0.15) is 33.6 Å². The van der Waals surface area contributed by atoms with Gasteiger partial charge in [0.2, 0.25) is 0 Å². The number of para-hydroxylation sites is 4. The molecule has 9 heteroatoms. The molecule has 236 valence electrons. The number of nitro benzene ring substituents is 1. The fraction of sp³-hybridized carbons (Fsp3) is 0.0769. The number of anilines is 3. The van der Waals surface area contributed by atoms with Crippen LogP contribution in [0.2, 0.25) is 0 Å². The second-order valence-corrected chi connectivity index (χ2v) is 11.3. The number of non-ortho nitro benzene ring substituents is 1. The van der Waals surface area contributed by atoms with Crippen molar-refractivity contribution in [1.29, 1.82) is 0 Å². The van der Waals surface area contributed by atoms with E-state index in [-0.39, 0.29) is 17.3 Å². The van der Waals surface area contributed by atoms with Gasteiger partial charge in [-0.25, -0.2) is 4.98 Å². The molecule has 1 amide bonds. The van der Waals surface area contributed by atoms with Gasteiger partial charge in [-0.15, -0.1) is 0 Å². The van der Waals surface area contributed by atoms with Crippen LogP contribution in [0, 0.1) is 10.1 Å². The van der Waals surface area contributed by atoms with Crippen LogP contribution < -0.4 is 20.1 Å². The van der Waals surface area contributed by atoms with Crippen molar-refractivity contribution in [1.82, 2.24) is 4.98 Å². The lowest BCUT2D eigenvalue weighted by Gasteiger charge is -2.17. The lowest BCUT2D eigenvalue weighted by atomic mass is 9.99. The molecule has 0 fully saturated rings. The van der Waals surface area contributed by atoms with Crippen LogP contribution in [0.25, 0.3) is 22.6 Å². The Bertz CT molecular complexity index is 2210. The highest BCUT2D eigenvalue weighted by Gasteiger charge is 2.28. The van der Waals surface area contributed by atoms with E-state index in [0.29, 0.717) is 46.4 Å². The Labute approximate surface area is 276 Å². The number of allylic oxidation sites excluding steroid dienone is 1. The molecule has 1 heterocycles. The Morgan fingerprint density at radius 2 is 1.58 bits per heavy atom. The summed E-state index contributed by atoms with van der Waals surface area (Å²) in [6.45, 7) is 0. The molecule has 9 nitrogen and oxygen atoms in total. The second kappa shape index (κ2) is 13.1. The van der Waals surface area contributed by atoms with Crippen LogP contribution in [-0.4, -0.2) is 22.9 Å². The predicted molar refractivity (Wildman–Crippen MR) is 188 cm³/mol. The molecule has 0 bridgehead atoms. The quantitative estimate of drug-likeness (QED) is 0.120. The minimum atomic E-state index is -0.487. The van der Waals surface area contributed by atoms with E-state index >= 15 is 0 Å². The number of rotatable bonds is 9. The molecule has 0 saturated carbocycles. The van der Waals surface area contributed by atoms with Gasteiger partial charge in [-0.3, -0.25) is 14.9 Å². The van der Waals surface area contributed by atoms with Crippen molar-refractivity contribution < 1.29 is 19.2 Å². The largest absolute Gasteiger partial charge is 0.495 e. The van der Waals surface area contributed by atoms with E-state index in [9.17, 15) is 14.9 Å². The van der Waals surface area contributed by atoms with E-state index in [1.807, 2.05) is 97.1 Å². The molecule has 2 N–H and O–H groups in total. The van der Waals surface area contributed by atoms with Crippen molar-refractivity contribution in [3.63, 3.8) is 0 Å². The highest BCUT2D eigenvalue weighted by atomic mass is 16.6. The van der Waals surface area contributed by atoms with Crippen LogP contribution >= 0.6 is 0 Å². The summed E-state index contributed by atoms with van der Waals surface area (Å²) >= 11 is 0. The molecule has 6 aromatic rings. The number of aromatic nitrogens is 1. The molecule has 7 rings (SSSR count). The summed E-state index contributed by atoms with van der Waals surface area (Å²) in [5.41, 5.74) is 5.98. The maximum Gasteiger partial charge on any atom is 0.271 e. The maximum absolute atomic E-state index is 14.3. The van der Waals surface area contributed by atoms with Gasteiger partial charge in [-0.2, -0.15) is 0 Å². The number of carbonyl (C=O) groups excluding carboxylic acids is 1. The van der Waals surface area contributed by atoms with Crippen molar-refractivity contribution in [2.75, 3.05) is 17.7 Å². The van der Waals surface area contributed by atoms with Gasteiger partial charge in [0.25, 0.3) is 11.6 Å². The minimum absolute atomic E-state index is 0.149. The lowest BCUT2D eigenvalue weighted by molar-refractivity contribution is -0.384. The van der Waals surface area contributed by atoms with E-state index in [0.717, 1.165) is 33.9 Å². The first-order chi connectivity index (χ1) is 23.5. The third-order valence-electron chi connectivity index (χ3n) is 8.19. The Morgan fingerprint density at radius 3 is 2.42 bits per heavy atom. The molecule has 0 aliphatic heterocycles. The monoisotopic (exact) mass is 634 g/mol. The number of carbonyl (C=O) groups is 1. The average molecular weight is 635 g/mol. The zero-order valence-electron chi connectivity index (χ0n) is 26.0. The fourth-order valence-corrected chi connectivity index (χ4v) is 5.97. The SMILES string of the molecule is COc1ccccc1Nc1ccc([N+](=O)[O-])cc1NC(=O)c1c2c(nc3ccccc13)/C(=C/c1cccc(Oc3ccccc3)c1)CC2. The molecule has 5 aromatic carbocycles. The minimum Gasteiger partial charge on any atom is -0.495 e. The topological polar surface area (TPSA) is 116 Å². The van der Waals surface area contributed by atoms with Gasteiger partial charge in [-0.05, 0) is 84.1 Å². The maximum atomic E-state index is 14.3. The number of benzene rings is 5. The summed E-state index contributed by atoms with van der Waals surface area (Å²) in [7, 11) is 1.56. The zero-order chi connectivity index (χ0) is 33.0. The molecule has 1 aliphatic rings. The summed E-state index contributed by atoms with van der Waals surface area (Å²) in [5, 5.41) is 18.7. The Morgan fingerprint density at radius 1 is 0.812 bits per heavy atom. The number of nitrogens with zero attached hydrogens (tertiary/aromatic N) is 2. The standard InChI is InChI=1S/C39H30N4O5/c1-47-36-17-8-7-16-34(36)40-33-21-19-27(43(45)46)24-35(33)42-39(44)37-30-14-5-6-15-32(30)41-38-26(18-20-31(37)38)22-25-10-9-13-29(23-25)48-28-11-3-2-4-12-28/h2-17,19,21-24,40H,18,20H2,1H3,(H,42,44)/b26-22+. The van der Waals surface area contributed by atoms with E-state index in [1.165, 1.54) is 12.1 Å². The van der Waals surface area contributed by atoms with Crippen molar-refractivity contribution in [3.8, 4) is 17.2 Å². The van der Waals surface area contributed by atoms with E-state index in [1.54, 1.807) is 19.2 Å². The highest BCUT2D eigenvalue weighted by Crippen LogP contribution is 2.39. The van der Waals surface area contributed by atoms with Gasteiger partial charge in [0.15, 0.2) is 0 Å². The van der Waals surface area contributed by atoms with Gasteiger partial charge in [-0.1, -0.05) is 60.7 Å². The zero-order valence-corrected chi connectivity index (χ0v) is 26.0. The number of hydrogen-bond donors (Lipinski definition) is 2. The number of amides is 1. The van der Waals surface area contributed by atoms with Gasteiger partial charge < -0.3 is 20.1 Å². The fourth-order valence-electron chi connectivity index (χ4n) is 5.97. The number of ether oxygens (including phenoxy) is 2. The Balaban J connectivity index is 1.26. The Hall–Kier alpha value is -6.48. The molecular weight excluding hydrogens is 604 g/mol.